The van der Waals surface area contributed by atoms with Crippen LogP contribution >= 0.6 is 0 Å². The lowest BCUT2D eigenvalue weighted by Crippen LogP contribution is -1.96. The van der Waals surface area contributed by atoms with E-state index in [4.69, 9.17) is 14.4 Å². The van der Waals surface area contributed by atoms with Crippen molar-refractivity contribution >= 4 is 11.0 Å². The Hall–Kier alpha value is -3.20. The molecule has 0 atom stereocenters. The second-order valence-electron chi connectivity index (χ2n) is 3.88. The lowest BCUT2D eigenvalue weighted by Gasteiger charge is -2.05. The van der Waals surface area contributed by atoms with Crippen LogP contribution in [0.1, 0.15) is 5.69 Å². The van der Waals surface area contributed by atoms with Crippen molar-refractivity contribution in [1.29, 1.82) is 5.26 Å². The summed E-state index contributed by atoms with van der Waals surface area (Å²) in [5.74, 6) is 0.511. The lowest BCUT2D eigenvalue weighted by molar-refractivity contribution is 0.456. The second-order valence-corrected chi connectivity index (χ2v) is 3.88. The number of nitrogens with zero attached hydrogens (tertiary/aromatic N) is 3. The lowest BCUT2D eigenvalue weighted by atomic mass is 10.2. The van der Waals surface area contributed by atoms with Crippen molar-refractivity contribution in [1.82, 2.24) is 9.97 Å². The molecule has 0 N–H and O–H groups in total. The van der Waals surface area contributed by atoms with Gasteiger partial charge in [-0.3, -0.25) is 0 Å². The molecule has 0 spiro atoms. The van der Waals surface area contributed by atoms with E-state index in [1.54, 1.807) is 24.3 Å². The summed E-state index contributed by atoms with van der Waals surface area (Å²) < 4.78 is 10.6. The summed E-state index contributed by atoms with van der Waals surface area (Å²) in [6.45, 7) is 0. The summed E-state index contributed by atoms with van der Waals surface area (Å²) in [5, 5.41) is 9.69. The summed E-state index contributed by atoms with van der Waals surface area (Å²) in [6, 6.07) is 9.90. The Morgan fingerprint density at radius 2 is 1.95 bits per heavy atom. The second kappa shape index (κ2) is 4.82. The summed E-state index contributed by atoms with van der Waals surface area (Å²) in [6.07, 6.45) is 2.84. The van der Waals surface area contributed by atoms with E-state index >= 15 is 0 Å². The van der Waals surface area contributed by atoms with Gasteiger partial charge in [0.2, 0.25) is 5.69 Å². The van der Waals surface area contributed by atoms with Crippen LogP contribution in [-0.2, 0) is 0 Å². The van der Waals surface area contributed by atoms with Crippen LogP contribution in [0.15, 0.2) is 51.9 Å². The molecule has 0 saturated heterocycles. The Morgan fingerprint density at radius 3 is 2.80 bits per heavy atom. The highest BCUT2D eigenvalue weighted by Crippen LogP contribution is 2.24. The van der Waals surface area contributed by atoms with Gasteiger partial charge in [0.05, 0.1) is 0 Å². The number of nitriles is 1. The predicted molar refractivity (Wildman–Crippen MR) is 69.3 cm³/mol. The highest BCUT2D eigenvalue weighted by molar-refractivity contribution is 5.77. The molecule has 0 aliphatic rings. The largest absolute Gasteiger partial charge is 0.436 e. The Kier molecular flexibility index (Phi) is 2.86. The fourth-order valence-electron chi connectivity index (χ4n) is 1.69. The van der Waals surface area contributed by atoms with Crippen molar-refractivity contribution < 1.29 is 9.15 Å². The molecule has 0 fully saturated rings. The van der Waals surface area contributed by atoms with Crippen LogP contribution in [0.3, 0.4) is 0 Å². The number of hydrogen-bond donors (Lipinski definition) is 0. The maximum absolute atomic E-state index is 11.2. The molecule has 20 heavy (non-hydrogen) atoms. The van der Waals surface area contributed by atoms with Crippen molar-refractivity contribution in [2.24, 2.45) is 0 Å². The molecule has 0 radical (unpaired) electrons. The fraction of sp³-hybridized carbons (Fsp3) is 0. The van der Waals surface area contributed by atoms with Gasteiger partial charge in [0, 0.05) is 29.9 Å². The standard InChI is InChI=1S/C14H7N3O3/c15-8-11-14(17-6-5-16-11)19-10-3-1-9-2-4-13(18)20-12(9)7-10/h1-7H. The van der Waals surface area contributed by atoms with Crippen LogP contribution in [0, 0.1) is 11.3 Å². The van der Waals surface area contributed by atoms with Crippen LogP contribution in [0.25, 0.3) is 11.0 Å². The van der Waals surface area contributed by atoms with E-state index in [0.717, 1.165) is 5.39 Å². The maximum Gasteiger partial charge on any atom is 0.336 e. The maximum atomic E-state index is 11.2. The molecule has 0 aliphatic heterocycles. The monoisotopic (exact) mass is 265 g/mol. The molecular weight excluding hydrogens is 258 g/mol. The zero-order valence-corrected chi connectivity index (χ0v) is 10.1. The molecule has 3 aromatic rings. The van der Waals surface area contributed by atoms with E-state index in [1.807, 2.05) is 6.07 Å². The van der Waals surface area contributed by atoms with E-state index in [2.05, 4.69) is 9.97 Å². The van der Waals surface area contributed by atoms with Crippen molar-refractivity contribution in [2.45, 2.75) is 0 Å². The number of rotatable bonds is 2. The van der Waals surface area contributed by atoms with E-state index in [9.17, 15) is 4.79 Å². The van der Waals surface area contributed by atoms with Gasteiger partial charge in [-0.2, -0.15) is 5.26 Å². The third kappa shape index (κ3) is 2.20. The highest BCUT2D eigenvalue weighted by atomic mass is 16.5. The zero-order valence-electron chi connectivity index (χ0n) is 10.1. The van der Waals surface area contributed by atoms with Gasteiger partial charge in [-0.1, -0.05) is 0 Å². The number of ether oxygens (including phenoxy) is 1. The zero-order chi connectivity index (χ0) is 13.9. The fourth-order valence-corrected chi connectivity index (χ4v) is 1.69. The normalized spacial score (nSPS) is 10.2. The summed E-state index contributed by atoms with van der Waals surface area (Å²) >= 11 is 0. The molecule has 0 amide bonds. The van der Waals surface area contributed by atoms with Gasteiger partial charge in [-0.25, -0.2) is 14.8 Å². The molecule has 2 heterocycles. The van der Waals surface area contributed by atoms with E-state index in [0.29, 0.717) is 11.3 Å². The van der Waals surface area contributed by atoms with Crippen molar-refractivity contribution in [3.05, 3.63) is 58.8 Å². The van der Waals surface area contributed by atoms with Crippen molar-refractivity contribution in [3.8, 4) is 17.7 Å². The van der Waals surface area contributed by atoms with Gasteiger partial charge in [-0.15, -0.1) is 0 Å². The van der Waals surface area contributed by atoms with Crippen LogP contribution in [0.2, 0.25) is 0 Å². The molecule has 0 unspecified atom stereocenters. The summed E-state index contributed by atoms with van der Waals surface area (Å²) in [4.78, 5) is 19.0. The first-order valence-corrected chi connectivity index (χ1v) is 5.69. The smallest absolute Gasteiger partial charge is 0.336 e. The number of benzene rings is 1. The summed E-state index contributed by atoms with van der Waals surface area (Å²) in [5.41, 5.74) is 0.0476. The van der Waals surface area contributed by atoms with E-state index in [-0.39, 0.29) is 11.6 Å². The van der Waals surface area contributed by atoms with Crippen LogP contribution in [0.4, 0.5) is 0 Å². The van der Waals surface area contributed by atoms with Crippen LogP contribution in [0.5, 0.6) is 11.6 Å². The molecular formula is C14H7N3O3. The Morgan fingerprint density at radius 1 is 1.15 bits per heavy atom. The van der Waals surface area contributed by atoms with Crippen LogP contribution < -0.4 is 10.4 Å². The van der Waals surface area contributed by atoms with Gasteiger partial charge in [0.15, 0.2) is 0 Å². The van der Waals surface area contributed by atoms with Gasteiger partial charge in [-0.05, 0) is 18.2 Å². The number of aromatic nitrogens is 2. The molecule has 2 aromatic heterocycles. The third-order valence-electron chi connectivity index (χ3n) is 2.58. The SMILES string of the molecule is N#Cc1nccnc1Oc1ccc2ccc(=O)oc2c1. The quantitative estimate of drug-likeness (QED) is 0.660. The number of fused-ring (bicyclic) bond motifs is 1. The molecule has 6 heteroatoms. The first-order chi connectivity index (χ1) is 9.76. The topological polar surface area (TPSA) is 89.0 Å². The Labute approximate surface area is 112 Å². The van der Waals surface area contributed by atoms with E-state index < -0.39 is 5.63 Å². The first-order valence-electron chi connectivity index (χ1n) is 5.69. The highest BCUT2D eigenvalue weighted by Gasteiger charge is 2.08. The molecule has 0 saturated carbocycles. The Balaban J connectivity index is 2.03. The molecule has 0 bridgehead atoms. The average Bonchev–Trinajstić information content (AvgIpc) is 2.47. The molecule has 0 aliphatic carbocycles. The molecule has 1 aromatic carbocycles. The Bertz CT molecular complexity index is 880. The minimum absolute atomic E-state index is 0.0853. The minimum Gasteiger partial charge on any atom is -0.436 e. The van der Waals surface area contributed by atoms with E-state index in [1.165, 1.54) is 18.5 Å². The molecule has 6 nitrogen and oxygen atoms in total. The third-order valence-corrected chi connectivity index (χ3v) is 2.58. The first kappa shape index (κ1) is 11.9. The minimum atomic E-state index is -0.438. The summed E-state index contributed by atoms with van der Waals surface area (Å²) in [7, 11) is 0. The van der Waals surface area contributed by atoms with Gasteiger partial charge in [0.25, 0.3) is 5.88 Å². The molecule has 96 valence electrons. The predicted octanol–water partition coefficient (Wildman–Crippen LogP) is 2.25. The van der Waals surface area contributed by atoms with Crippen molar-refractivity contribution in [3.63, 3.8) is 0 Å². The van der Waals surface area contributed by atoms with Gasteiger partial charge in [0.1, 0.15) is 17.4 Å². The van der Waals surface area contributed by atoms with Gasteiger partial charge >= 0.3 is 5.63 Å². The van der Waals surface area contributed by atoms with Gasteiger partial charge < -0.3 is 9.15 Å². The van der Waals surface area contributed by atoms with Crippen LogP contribution in [-0.4, -0.2) is 9.97 Å². The number of hydrogen-bond acceptors (Lipinski definition) is 6. The van der Waals surface area contributed by atoms with Crippen molar-refractivity contribution in [2.75, 3.05) is 0 Å². The molecule has 3 rings (SSSR count). The average molecular weight is 265 g/mol.